The standard InChI is InChI=1S/C22H18ClFN4OS/c1-14-10-21(30-13-20(29)25-11-16-4-2-3-5-19(16)23)28-22(27-14)18(12-26-28)15-6-8-17(24)9-7-15/h2-10,12H,11,13H2,1H3,(H,25,29). The third kappa shape index (κ3) is 4.47. The molecule has 2 aromatic carbocycles. The van der Waals surface area contributed by atoms with Crippen molar-refractivity contribution in [3.05, 3.63) is 82.9 Å². The van der Waals surface area contributed by atoms with Crippen molar-refractivity contribution in [3.8, 4) is 11.1 Å². The molecule has 0 atom stereocenters. The van der Waals surface area contributed by atoms with Gasteiger partial charge in [-0.05, 0) is 42.3 Å². The first-order valence-electron chi connectivity index (χ1n) is 9.25. The third-order valence-electron chi connectivity index (χ3n) is 4.51. The Bertz CT molecular complexity index is 1210. The number of halogens is 2. The topological polar surface area (TPSA) is 59.3 Å². The summed E-state index contributed by atoms with van der Waals surface area (Å²) < 4.78 is 15.0. The molecule has 1 amide bonds. The average Bonchev–Trinajstić information content (AvgIpc) is 3.16. The molecule has 2 aromatic heterocycles. The first kappa shape index (κ1) is 20.4. The van der Waals surface area contributed by atoms with E-state index in [2.05, 4.69) is 15.4 Å². The lowest BCUT2D eigenvalue weighted by atomic mass is 10.1. The lowest BCUT2D eigenvalue weighted by Crippen LogP contribution is -2.24. The van der Waals surface area contributed by atoms with Gasteiger partial charge in [0, 0.05) is 22.8 Å². The van der Waals surface area contributed by atoms with Crippen molar-refractivity contribution in [3.63, 3.8) is 0 Å². The van der Waals surface area contributed by atoms with Crippen molar-refractivity contribution in [2.45, 2.75) is 18.5 Å². The maximum absolute atomic E-state index is 13.3. The van der Waals surface area contributed by atoms with Gasteiger partial charge in [0.1, 0.15) is 10.8 Å². The Morgan fingerprint density at radius 3 is 2.73 bits per heavy atom. The SMILES string of the molecule is Cc1cc(SCC(=O)NCc2ccccc2Cl)n2ncc(-c3ccc(F)cc3)c2n1. The summed E-state index contributed by atoms with van der Waals surface area (Å²) in [5, 5.41) is 8.75. The van der Waals surface area contributed by atoms with Gasteiger partial charge in [-0.2, -0.15) is 5.10 Å². The van der Waals surface area contributed by atoms with Crippen molar-refractivity contribution in [1.29, 1.82) is 0 Å². The van der Waals surface area contributed by atoms with Crippen LogP contribution in [-0.4, -0.2) is 26.3 Å². The van der Waals surface area contributed by atoms with Crippen molar-refractivity contribution in [1.82, 2.24) is 19.9 Å². The van der Waals surface area contributed by atoms with Crippen LogP contribution in [0.15, 0.2) is 65.8 Å². The lowest BCUT2D eigenvalue weighted by Gasteiger charge is -2.08. The molecule has 4 aromatic rings. The molecule has 2 heterocycles. The van der Waals surface area contributed by atoms with E-state index in [9.17, 15) is 9.18 Å². The van der Waals surface area contributed by atoms with Gasteiger partial charge in [0.2, 0.25) is 5.91 Å². The molecule has 0 saturated carbocycles. The zero-order valence-corrected chi connectivity index (χ0v) is 17.7. The fraction of sp³-hybridized carbons (Fsp3) is 0.136. The Morgan fingerprint density at radius 2 is 1.97 bits per heavy atom. The second kappa shape index (κ2) is 8.85. The molecule has 152 valence electrons. The first-order chi connectivity index (χ1) is 14.5. The minimum absolute atomic E-state index is 0.103. The minimum atomic E-state index is -0.293. The highest BCUT2D eigenvalue weighted by atomic mass is 35.5. The number of hydrogen-bond donors (Lipinski definition) is 1. The van der Waals surface area contributed by atoms with Gasteiger partial charge in [0.05, 0.1) is 11.9 Å². The molecule has 0 fully saturated rings. The highest BCUT2D eigenvalue weighted by Crippen LogP contribution is 2.27. The van der Waals surface area contributed by atoms with Crippen LogP contribution in [0.25, 0.3) is 16.8 Å². The molecule has 0 aliphatic heterocycles. The zero-order chi connectivity index (χ0) is 21.1. The van der Waals surface area contributed by atoms with E-state index >= 15 is 0 Å². The van der Waals surface area contributed by atoms with Crippen molar-refractivity contribution in [2.75, 3.05) is 5.75 Å². The number of nitrogens with one attached hydrogen (secondary N) is 1. The van der Waals surface area contributed by atoms with Crippen LogP contribution in [0.5, 0.6) is 0 Å². The predicted octanol–water partition coefficient (Wildman–Crippen LogP) is 4.91. The van der Waals surface area contributed by atoms with Crippen LogP contribution in [-0.2, 0) is 11.3 Å². The van der Waals surface area contributed by atoms with E-state index in [0.29, 0.717) is 17.2 Å². The van der Waals surface area contributed by atoms with E-state index in [1.807, 2.05) is 31.2 Å². The summed E-state index contributed by atoms with van der Waals surface area (Å²) in [5.41, 5.74) is 3.99. The van der Waals surface area contributed by atoms with E-state index < -0.39 is 0 Å². The molecule has 0 spiro atoms. The molecule has 0 aliphatic carbocycles. The minimum Gasteiger partial charge on any atom is -0.351 e. The fourth-order valence-corrected chi connectivity index (χ4v) is 4.11. The Labute approximate surface area is 182 Å². The van der Waals surface area contributed by atoms with E-state index in [-0.39, 0.29) is 17.5 Å². The highest BCUT2D eigenvalue weighted by Gasteiger charge is 2.14. The van der Waals surface area contributed by atoms with Gasteiger partial charge in [-0.25, -0.2) is 13.9 Å². The van der Waals surface area contributed by atoms with Gasteiger partial charge in [0.15, 0.2) is 5.65 Å². The normalized spacial score (nSPS) is 11.0. The Hall–Kier alpha value is -2.90. The number of fused-ring (bicyclic) bond motifs is 1. The van der Waals surface area contributed by atoms with Crippen LogP contribution in [0.3, 0.4) is 0 Å². The van der Waals surface area contributed by atoms with Crippen molar-refractivity contribution in [2.24, 2.45) is 0 Å². The summed E-state index contributed by atoms with van der Waals surface area (Å²) >= 11 is 7.51. The van der Waals surface area contributed by atoms with Crippen LogP contribution in [0, 0.1) is 12.7 Å². The number of rotatable bonds is 6. The smallest absolute Gasteiger partial charge is 0.230 e. The Balaban J connectivity index is 1.49. The monoisotopic (exact) mass is 440 g/mol. The quantitative estimate of drug-likeness (QED) is 0.342. The fourth-order valence-electron chi connectivity index (χ4n) is 3.01. The molecule has 8 heteroatoms. The summed E-state index contributed by atoms with van der Waals surface area (Å²) in [7, 11) is 0. The molecule has 0 unspecified atom stereocenters. The summed E-state index contributed by atoms with van der Waals surface area (Å²) in [6.07, 6.45) is 1.70. The first-order valence-corrected chi connectivity index (χ1v) is 10.6. The molecular formula is C22H18ClFN4OS. The molecule has 0 radical (unpaired) electrons. The van der Waals surface area contributed by atoms with Gasteiger partial charge < -0.3 is 5.32 Å². The molecular weight excluding hydrogens is 423 g/mol. The number of carbonyl (C=O) groups is 1. The van der Waals surface area contributed by atoms with Gasteiger partial charge in [-0.3, -0.25) is 4.79 Å². The third-order valence-corrected chi connectivity index (χ3v) is 5.87. The Kier molecular flexibility index (Phi) is 6.01. The molecule has 0 aliphatic rings. The van der Waals surface area contributed by atoms with Gasteiger partial charge in [-0.1, -0.05) is 53.7 Å². The van der Waals surface area contributed by atoms with Crippen LogP contribution in [0.1, 0.15) is 11.3 Å². The predicted molar refractivity (Wildman–Crippen MR) is 117 cm³/mol. The van der Waals surface area contributed by atoms with Gasteiger partial charge in [0.25, 0.3) is 0 Å². The van der Waals surface area contributed by atoms with Gasteiger partial charge >= 0.3 is 0 Å². The van der Waals surface area contributed by atoms with Crippen LogP contribution >= 0.6 is 23.4 Å². The number of benzene rings is 2. The van der Waals surface area contributed by atoms with Crippen LogP contribution in [0.2, 0.25) is 5.02 Å². The maximum atomic E-state index is 13.3. The van der Waals surface area contributed by atoms with E-state index in [1.54, 1.807) is 28.9 Å². The highest BCUT2D eigenvalue weighted by molar-refractivity contribution is 7.99. The average molecular weight is 441 g/mol. The van der Waals surface area contributed by atoms with Crippen molar-refractivity contribution >= 4 is 34.9 Å². The van der Waals surface area contributed by atoms with Gasteiger partial charge in [-0.15, -0.1) is 0 Å². The number of carbonyl (C=O) groups excluding carboxylic acids is 1. The molecule has 0 saturated heterocycles. The number of aromatic nitrogens is 3. The van der Waals surface area contributed by atoms with Crippen molar-refractivity contribution < 1.29 is 9.18 Å². The number of thioether (sulfide) groups is 1. The second-order valence-electron chi connectivity index (χ2n) is 6.69. The number of nitrogens with zero attached hydrogens (tertiary/aromatic N) is 3. The molecule has 30 heavy (non-hydrogen) atoms. The maximum Gasteiger partial charge on any atom is 0.230 e. The molecule has 4 rings (SSSR count). The number of aryl methyl sites for hydroxylation is 1. The van der Waals surface area contributed by atoms with Crippen LogP contribution < -0.4 is 5.32 Å². The largest absolute Gasteiger partial charge is 0.351 e. The van der Waals surface area contributed by atoms with E-state index in [1.165, 1.54) is 23.9 Å². The molecule has 5 nitrogen and oxygen atoms in total. The summed E-state index contributed by atoms with van der Waals surface area (Å²) in [6, 6.07) is 15.5. The second-order valence-corrected chi connectivity index (χ2v) is 8.10. The Morgan fingerprint density at radius 1 is 1.20 bits per heavy atom. The molecule has 0 bridgehead atoms. The summed E-state index contributed by atoms with van der Waals surface area (Å²) in [5.74, 6) is -0.166. The summed E-state index contributed by atoms with van der Waals surface area (Å²) in [6.45, 7) is 2.27. The number of amides is 1. The van der Waals surface area contributed by atoms with Crippen LogP contribution in [0.4, 0.5) is 4.39 Å². The summed E-state index contributed by atoms with van der Waals surface area (Å²) in [4.78, 5) is 16.9. The zero-order valence-electron chi connectivity index (χ0n) is 16.1. The lowest BCUT2D eigenvalue weighted by molar-refractivity contribution is -0.118. The van der Waals surface area contributed by atoms with E-state index in [4.69, 9.17) is 11.6 Å². The van der Waals surface area contributed by atoms with E-state index in [0.717, 1.165) is 27.4 Å². The molecule has 1 N–H and O–H groups in total. The number of hydrogen-bond acceptors (Lipinski definition) is 4.